The van der Waals surface area contributed by atoms with Crippen molar-refractivity contribution in [2.45, 2.75) is 40.0 Å². The fraction of sp³-hybridized carbons (Fsp3) is 0.700. The van der Waals surface area contributed by atoms with Crippen LogP contribution in [0.2, 0.25) is 0 Å². The highest BCUT2D eigenvalue weighted by atomic mass is 16.2. The minimum Gasteiger partial charge on any atom is -0.397 e. The Hall–Kier alpha value is -1.03. The molecule has 0 aliphatic carbocycles. The second kappa shape index (κ2) is 22.7. The number of carbonyl (C=O) groups excluding carboxylic acids is 3. The fourth-order valence-corrected chi connectivity index (χ4v) is 0.285. The molecular weight excluding hydrogens is 184 g/mol. The van der Waals surface area contributed by atoms with Crippen LogP contribution in [0.25, 0.3) is 0 Å². The average Bonchev–Trinajstić information content (AvgIpc) is 2.06. The number of carbonyl (C=O) groups is 3. The van der Waals surface area contributed by atoms with Gasteiger partial charge in [0.2, 0.25) is 0 Å². The van der Waals surface area contributed by atoms with E-state index in [1.807, 2.05) is 0 Å². The first kappa shape index (κ1) is 18.7. The Morgan fingerprint density at radius 3 is 1.50 bits per heavy atom. The topological polar surface area (TPSA) is 71.4 Å². The monoisotopic (exact) mass is 204 g/mol. The number of aliphatic hydroxyl groups is 1. The highest BCUT2D eigenvalue weighted by Gasteiger charge is 1.80. The fourth-order valence-electron chi connectivity index (χ4n) is 0.285. The maximum absolute atomic E-state index is 9.56. The van der Waals surface area contributed by atoms with Crippen molar-refractivity contribution in [3.8, 4) is 0 Å². The predicted octanol–water partition coefficient (Wildman–Crippen LogP) is 1.15. The molecule has 0 heterocycles. The number of Topliss-reactive ketones (excluding diaryl/α,β-unsaturated/α-hetero) is 1. The summed E-state index contributed by atoms with van der Waals surface area (Å²) in [5.74, 6) is 0.167. The summed E-state index contributed by atoms with van der Waals surface area (Å²) in [5.41, 5.74) is 0. The molecule has 0 spiro atoms. The van der Waals surface area contributed by atoms with Gasteiger partial charge in [-0.15, -0.1) is 0 Å². The quantitative estimate of drug-likeness (QED) is 0.550. The molecule has 0 rings (SSSR count). The molecule has 0 saturated heterocycles. The molecule has 0 aliphatic rings. The van der Waals surface area contributed by atoms with E-state index in [1.165, 1.54) is 13.8 Å². The first-order valence-electron chi connectivity index (χ1n) is 4.52. The van der Waals surface area contributed by atoms with Gasteiger partial charge in [0.05, 0.1) is 0 Å². The van der Waals surface area contributed by atoms with Crippen molar-refractivity contribution in [2.24, 2.45) is 0 Å². The molecule has 84 valence electrons. The maximum Gasteiger partial charge on any atom is 0.126 e. The van der Waals surface area contributed by atoms with Gasteiger partial charge in [-0.25, -0.2) is 0 Å². The van der Waals surface area contributed by atoms with Crippen molar-refractivity contribution in [2.75, 3.05) is 6.61 Å². The van der Waals surface area contributed by atoms with Crippen molar-refractivity contribution in [3.63, 3.8) is 0 Å². The summed E-state index contributed by atoms with van der Waals surface area (Å²) in [4.78, 5) is 28.6. The number of aliphatic hydroxyl groups excluding tert-OH is 1. The molecule has 0 atom stereocenters. The van der Waals surface area contributed by atoms with Gasteiger partial charge in [0.25, 0.3) is 0 Å². The molecule has 4 heteroatoms. The molecule has 0 aromatic rings. The molecule has 0 fully saturated rings. The SMILES string of the molecule is CC(C)=O.CCO.O=CCCCC=O. The lowest BCUT2D eigenvalue weighted by Gasteiger charge is -1.78. The van der Waals surface area contributed by atoms with E-state index in [1.54, 1.807) is 6.92 Å². The van der Waals surface area contributed by atoms with Gasteiger partial charge in [0.15, 0.2) is 0 Å². The second-order valence-electron chi connectivity index (χ2n) is 2.49. The molecular formula is C10H20O4. The van der Waals surface area contributed by atoms with Crippen LogP contribution in [0.4, 0.5) is 0 Å². The number of hydrogen-bond acceptors (Lipinski definition) is 4. The van der Waals surface area contributed by atoms with Crippen molar-refractivity contribution in [1.82, 2.24) is 0 Å². The highest BCUT2D eigenvalue weighted by molar-refractivity contribution is 5.72. The van der Waals surface area contributed by atoms with E-state index >= 15 is 0 Å². The molecule has 0 bridgehead atoms. The summed E-state index contributed by atoms with van der Waals surface area (Å²) in [6.45, 7) is 4.99. The molecule has 0 radical (unpaired) electrons. The van der Waals surface area contributed by atoms with Crippen LogP contribution in [-0.4, -0.2) is 30.1 Å². The lowest BCUT2D eigenvalue weighted by molar-refractivity contribution is -0.115. The lowest BCUT2D eigenvalue weighted by atomic mass is 10.3. The minimum atomic E-state index is 0.167. The molecule has 0 aromatic carbocycles. The van der Waals surface area contributed by atoms with Crippen LogP contribution < -0.4 is 0 Å². The predicted molar refractivity (Wildman–Crippen MR) is 55.1 cm³/mol. The molecule has 1 N–H and O–H groups in total. The van der Waals surface area contributed by atoms with Gasteiger partial charge < -0.3 is 19.5 Å². The van der Waals surface area contributed by atoms with Crippen LogP contribution in [0.15, 0.2) is 0 Å². The summed E-state index contributed by atoms with van der Waals surface area (Å²) in [6.07, 6.45) is 3.37. The summed E-state index contributed by atoms with van der Waals surface area (Å²) in [6, 6.07) is 0. The highest BCUT2D eigenvalue weighted by Crippen LogP contribution is 1.85. The third-order valence-electron chi connectivity index (χ3n) is 0.644. The molecule has 0 amide bonds. The first-order valence-corrected chi connectivity index (χ1v) is 4.52. The standard InChI is InChI=1S/C5H8O2.C3H6O.C2H6O/c6-4-2-1-3-5-7;1-3(2)4;1-2-3/h4-5H,1-3H2;1-2H3;3H,2H2,1H3. The third kappa shape index (κ3) is 124. The van der Waals surface area contributed by atoms with E-state index in [9.17, 15) is 14.4 Å². The van der Waals surface area contributed by atoms with Crippen molar-refractivity contribution >= 4 is 18.4 Å². The molecule has 0 unspecified atom stereocenters. The van der Waals surface area contributed by atoms with Crippen molar-refractivity contribution in [3.05, 3.63) is 0 Å². The van der Waals surface area contributed by atoms with Gasteiger partial charge in [0.1, 0.15) is 18.4 Å². The summed E-state index contributed by atoms with van der Waals surface area (Å²) in [5, 5.41) is 7.57. The maximum atomic E-state index is 9.56. The number of rotatable bonds is 4. The van der Waals surface area contributed by atoms with E-state index in [-0.39, 0.29) is 12.4 Å². The van der Waals surface area contributed by atoms with Crippen LogP contribution in [0, 0.1) is 0 Å². The molecule has 14 heavy (non-hydrogen) atoms. The second-order valence-corrected chi connectivity index (χ2v) is 2.49. The number of ketones is 1. The van der Waals surface area contributed by atoms with E-state index in [2.05, 4.69) is 0 Å². The van der Waals surface area contributed by atoms with Crippen LogP contribution in [0.3, 0.4) is 0 Å². The van der Waals surface area contributed by atoms with Gasteiger partial charge >= 0.3 is 0 Å². The van der Waals surface area contributed by atoms with Crippen LogP contribution in [0.1, 0.15) is 40.0 Å². The largest absolute Gasteiger partial charge is 0.397 e. The number of unbranched alkanes of at least 4 members (excludes halogenated alkanes) is 2. The summed E-state index contributed by atoms with van der Waals surface area (Å²) in [7, 11) is 0. The van der Waals surface area contributed by atoms with Gasteiger partial charge in [-0.3, -0.25) is 0 Å². The third-order valence-corrected chi connectivity index (χ3v) is 0.644. The lowest BCUT2D eigenvalue weighted by Crippen LogP contribution is -1.76. The van der Waals surface area contributed by atoms with Gasteiger partial charge in [-0.1, -0.05) is 0 Å². The molecule has 4 nitrogen and oxygen atoms in total. The zero-order chi connectivity index (χ0) is 11.8. The van der Waals surface area contributed by atoms with E-state index in [0.717, 1.165) is 12.6 Å². The average molecular weight is 204 g/mol. The first-order chi connectivity index (χ1) is 6.56. The van der Waals surface area contributed by atoms with E-state index in [4.69, 9.17) is 5.11 Å². The normalized spacial score (nSPS) is 7.14. The van der Waals surface area contributed by atoms with Gasteiger partial charge in [0, 0.05) is 19.4 Å². The Bertz CT molecular complexity index is 120. The van der Waals surface area contributed by atoms with Gasteiger partial charge in [-0.05, 0) is 27.2 Å². The Morgan fingerprint density at radius 1 is 1.14 bits per heavy atom. The minimum absolute atomic E-state index is 0.167. The Kier molecular flexibility index (Phi) is 30.3. The van der Waals surface area contributed by atoms with E-state index < -0.39 is 0 Å². The zero-order valence-corrected chi connectivity index (χ0v) is 9.16. The van der Waals surface area contributed by atoms with Crippen molar-refractivity contribution in [1.29, 1.82) is 0 Å². The Balaban J connectivity index is -0.000000147. The number of aldehydes is 2. The van der Waals surface area contributed by atoms with Crippen LogP contribution in [0.5, 0.6) is 0 Å². The van der Waals surface area contributed by atoms with Crippen LogP contribution >= 0.6 is 0 Å². The number of hydrogen-bond donors (Lipinski definition) is 1. The Labute approximate surface area is 85.3 Å². The summed E-state index contributed by atoms with van der Waals surface area (Å²) >= 11 is 0. The summed E-state index contributed by atoms with van der Waals surface area (Å²) < 4.78 is 0. The van der Waals surface area contributed by atoms with Gasteiger partial charge in [-0.2, -0.15) is 0 Å². The van der Waals surface area contributed by atoms with Crippen LogP contribution in [-0.2, 0) is 14.4 Å². The molecule has 0 aromatic heterocycles. The van der Waals surface area contributed by atoms with Crippen molar-refractivity contribution < 1.29 is 19.5 Å². The zero-order valence-electron chi connectivity index (χ0n) is 9.16. The molecule has 0 saturated carbocycles. The van der Waals surface area contributed by atoms with E-state index in [0.29, 0.717) is 19.3 Å². The smallest absolute Gasteiger partial charge is 0.126 e. The molecule has 0 aliphatic heterocycles. The Morgan fingerprint density at radius 2 is 1.36 bits per heavy atom.